The van der Waals surface area contributed by atoms with E-state index in [9.17, 15) is 4.79 Å². The second kappa shape index (κ2) is 8.38. The molecule has 0 spiro atoms. The van der Waals surface area contributed by atoms with E-state index in [2.05, 4.69) is 22.3 Å². The molecule has 0 saturated carbocycles. The van der Waals surface area contributed by atoms with Gasteiger partial charge in [0, 0.05) is 30.0 Å². The zero-order chi connectivity index (χ0) is 18.6. The maximum atomic E-state index is 12.1. The number of rotatable bonds is 5. The van der Waals surface area contributed by atoms with Crippen LogP contribution in [0.2, 0.25) is 5.02 Å². The highest BCUT2D eigenvalue weighted by Crippen LogP contribution is 2.21. The Labute approximate surface area is 168 Å². The second-order valence-corrected chi connectivity index (χ2v) is 8.45. The number of nitrogens with zero attached hydrogens (tertiary/aromatic N) is 2. The third-order valence-corrected chi connectivity index (χ3v) is 6.10. The summed E-state index contributed by atoms with van der Waals surface area (Å²) >= 11 is 7.53. The van der Waals surface area contributed by atoms with Crippen molar-refractivity contribution < 1.29 is 4.79 Å². The minimum atomic E-state index is 0.0389. The van der Waals surface area contributed by atoms with Crippen LogP contribution in [0.15, 0.2) is 47.8 Å². The van der Waals surface area contributed by atoms with Crippen molar-refractivity contribution in [1.82, 2.24) is 15.2 Å². The van der Waals surface area contributed by atoms with Crippen molar-refractivity contribution in [3.63, 3.8) is 0 Å². The number of thiophene rings is 1. The summed E-state index contributed by atoms with van der Waals surface area (Å²) in [5.41, 5.74) is 2.06. The third-order valence-electron chi connectivity index (χ3n) is 4.99. The van der Waals surface area contributed by atoms with Gasteiger partial charge in [0.05, 0.1) is 16.1 Å². The van der Waals surface area contributed by atoms with Crippen molar-refractivity contribution in [1.29, 1.82) is 0 Å². The van der Waals surface area contributed by atoms with E-state index in [1.807, 2.05) is 35.7 Å². The number of likely N-dealkylation sites (tertiary alicyclic amines) is 1. The van der Waals surface area contributed by atoms with Gasteiger partial charge in [-0.25, -0.2) is 0 Å². The largest absolute Gasteiger partial charge is 0.351 e. The first-order valence-electron chi connectivity index (χ1n) is 9.26. The van der Waals surface area contributed by atoms with E-state index < -0.39 is 0 Å². The summed E-state index contributed by atoms with van der Waals surface area (Å²) in [7, 11) is 0. The molecule has 3 heterocycles. The molecule has 2 aromatic heterocycles. The highest BCUT2D eigenvalue weighted by atomic mass is 35.5. The minimum Gasteiger partial charge on any atom is -0.351 e. The predicted molar refractivity (Wildman–Crippen MR) is 111 cm³/mol. The molecule has 1 fully saturated rings. The van der Waals surface area contributed by atoms with Gasteiger partial charge in [-0.3, -0.25) is 14.7 Å². The average Bonchev–Trinajstić information content (AvgIpc) is 3.21. The Balaban J connectivity index is 1.34. The van der Waals surface area contributed by atoms with Gasteiger partial charge < -0.3 is 5.32 Å². The molecule has 3 aromatic rings. The summed E-state index contributed by atoms with van der Waals surface area (Å²) < 4.78 is 0. The Bertz CT molecular complexity index is 928. The summed E-state index contributed by atoms with van der Waals surface area (Å²) in [5, 5.41) is 6.82. The van der Waals surface area contributed by atoms with E-state index in [-0.39, 0.29) is 5.91 Å². The summed E-state index contributed by atoms with van der Waals surface area (Å²) in [6.45, 7) is 3.64. The number of halogens is 1. The Morgan fingerprint density at radius 3 is 3.07 bits per heavy atom. The van der Waals surface area contributed by atoms with Crippen molar-refractivity contribution >= 4 is 39.7 Å². The lowest BCUT2D eigenvalue weighted by Crippen LogP contribution is -2.40. The highest BCUT2D eigenvalue weighted by molar-refractivity contribution is 7.12. The Kier molecular flexibility index (Phi) is 5.72. The maximum Gasteiger partial charge on any atom is 0.261 e. The molecule has 6 heteroatoms. The van der Waals surface area contributed by atoms with E-state index in [1.54, 1.807) is 0 Å². The van der Waals surface area contributed by atoms with E-state index in [1.165, 1.54) is 11.3 Å². The van der Waals surface area contributed by atoms with Crippen LogP contribution in [0.5, 0.6) is 0 Å². The number of carbonyl (C=O) groups excluding carboxylic acids is 1. The van der Waals surface area contributed by atoms with Crippen molar-refractivity contribution in [3.8, 4) is 0 Å². The molecule has 0 bridgehead atoms. The fourth-order valence-electron chi connectivity index (χ4n) is 3.65. The standard InChI is InChI=1S/C21H22ClN3OS/c22-17-6-8-19-16(11-17)5-7-18(24-19)14-25-9-1-3-15(13-25)12-23-21(26)20-4-2-10-27-20/h2,4-8,10-11,15H,1,3,9,12-14H2,(H,23,26)/t15-/m1/s1. The van der Waals surface area contributed by atoms with E-state index in [0.29, 0.717) is 5.92 Å². The van der Waals surface area contributed by atoms with Crippen LogP contribution in [0.4, 0.5) is 0 Å². The Hall–Kier alpha value is -1.95. The number of benzene rings is 1. The molecule has 4 nitrogen and oxygen atoms in total. The molecule has 0 unspecified atom stereocenters. The number of fused-ring (bicyclic) bond motifs is 1. The van der Waals surface area contributed by atoms with Gasteiger partial charge in [0.2, 0.25) is 0 Å². The summed E-state index contributed by atoms with van der Waals surface area (Å²) in [4.78, 5) is 20.1. The van der Waals surface area contributed by atoms with Gasteiger partial charge in [0.1, 0.15) is 0 Å². The Morgan fingerprint density at radius 2 is 2.22 bits per heavy atom. The lowest BCUT2D eigenvalue weighted by molar-refractivity contribution is 0.0934. The van der Waals surface area contributed by atoms with Crippen molar-refractivity contribution in [2.45, 2.75) is 19.4 Å². The third kappa shape index (κ3) is 4.67. The maximum absolute atomic E-state index is 12.1. The zero-order valence-corrected chi connectivity index (χ0v) is 16.6. The molecular formula is C21H22ClN3OS. The lowest BCUT2D eigenvalue weighted by Gasteiger charge is -2.32. The number of piperidine rings is 1. The SMILES string of the molecule is O=C(NC[C@H]1CCCN(Cc2ccc3cc(Cl)ccc3n2)C1)c1cccs1. The molecule has 1 amide bonds. The van der Waals surface area contributed by atoms with E-state index >= 15 is 0 Å². The van der Waals surface area contributed by atoms with Crippen LogP contribution in [0.25, 0.3) is 10.9 Å². The van der Waals surface area contributed by atoms with Crippen molar-refractivity contribution in [2.24, 2.45) is 5.92 Å². The highest BCUT2D eigenvalue weighted by Gasteiger charge is 2.21. The fourth-order valence-corrected chi connectivity index (χ4v) is 4.47. The molecule has 1 N–H and O–H groups in total. The van der Waals surface area contributed by atoms with Gasteiger partial charge in [0.15, 0.2) is 0 Å². The molecule has 1 saturated heterocycles. The molecular weight excluding hydrogens is 378 g/mol. The zero-order valence-electron chi connectivity index (χ0n) is 15.0. The first kappa shape index (κ1) is 18.4. The molecule has 1 atom stereocenters. The Morgan fingerprint density at radius 1 is 1.30 bits per heavy atom. The molecule has 1 aromatic carbocycles. The number of carbonyl (C=O) groups is 1. The van der Waals surface area contributed by atoms with Crippen LogP contribution in [-0.2, 0) is 6.54 Å². The number of hydrogen-bond donors (Lipinski definition) is 1. The van der Waals surface area contributed by atoms with Gasteiger partial charge in [0.25, 0.3) is 5.91 Å². The predicted octanol–water partition coefficient (Wildman–Crippen LogP) is 4.59. The normalized spacial score (nSPS) is 17.9. The van der Waals surface area contributed by atoms with Crippen molar-refractivity contribution in [3.05, 3.63) is 63.4 Å². The molecule has 1 aliphatic rings. The minimum absolute atomic E-state index is 0.0389. The quantitative estimate of drug-likeness (QED) is 0.682. The van der Waals surface area contributed by atoms with Crippen LogP contribution < -0.4 is 5.32 Å². The van der Waals surface area contributed by atoms with Crippen LogP contribution in [-0.4, -0.2) is 35.4 Å². The summed E-state index contributed by atoms with van der Waals surface area (Å²) in [6, 6.07) is 13.8. The number of amides is 1. The average molecular weight is 400 g/mol. The van der Waals surface area contributed by atoms with E-state index in [0.717, 1.165) is 65.5 Å². The lowest BCUT2D eigenvalue weighted by atomic mass is 9.97. The molecule has 0 radical (unpaired) electrons. The number of aromatic nitrogens is 1. The van der Waals surface area contributed by atoms with Gasteiger partial charge in [-0.1, -0.05) is 23.7 Å². The van der Waals surface area contributed by atoms with Crippen LogP contribution in [0, 0.1) is 5.92 Å². The molecule has 27 heavy (non-hydrogen) atoms. The topological polar surface area (TPSA) is 45.2 Å². The first-order chi connectivity index (χ1) is 13.2. The molecule has 140 valence electrons. The number of nitrogens with one attached hydrogen (secondary N) is 1. The summed E-state index contributed by atoms with van der Waals surface area (Å²) in [5.74, 6) is 0.527. The molecule has 4 rings (SSSR count). The fraction of sp³-hybridized carbons (Fsp3) is 0.333. The van der Waals surface area contributed by atoms with Gasteiger partial charge >= 0.3 is 0 Å². The number of hydrogen-bond acceptors (Lipinski definition) is 4. The first-order valence-corrected chi connectivity index (χ1v) is 10.5. The molecule has 1 aliphatic heterocycles. The van der Waals surface area contributed by atoms with Crippen LogP contribution >= 0.6 is 22.9 Å². The van der Waals surface area contributed by atoms with Gasteiger partial charge in [-0.2, -0.15) is 0 Å². The van der Waals surface area contributed by atoms with Crippen LogP contribution in [0.1, 0.15) is 28.2 Å². The summed E-state index contributed by atoms with van der Waals surface area (Å²) in [6.07, 6.45) is 2.31. The monoisotopic (exact) mass is 399 g/mol. The molecule has 0 aliphatic carbocycles. The number of pyridine rings is 1. The second-order valence-electron chi connectivity index (χ2n) is 7.07. The van der Waals surface area contributed by atoms with Gasteiger partial charge in [-0.05, 0) is 61.0 Å². The smallest absolute Gasteiger partial charge is 0.261 e. The van der Waals surface area contributed by atoms with Crippen molar-refractivity contribution in [2.75, 3.05) is 19.6 Å². The van der Waals surface area contributed by atoms with Crippen LogP contribution in [0.3, 0.4) is 0 Å². The van der Waals surface area contributed by atoms with E-state index in [4.69, 9.17) is 16.6 Å². The van der Waals surface area contributed by atoms with Gasteiger partial charge in [-0.15, -0.1) is 11.3 Å².